The molecule has 9 rings (SSSR count). The van der Waals surface area contributed by atoms with E-state index in [4.69, 9.17) is 32.7 Å². The number of halogens is 2. The number of amides is 2. The highest BCUT2D eigenvalue weighted by atomic mass is 35.5. The highest BCUT2D eigenvalue weighted by Crippen LogP contribution is 2.47. The molecular formula is C47H44Cl2N4O6. The summed E-state index contributed by atoms with van der Waals surface area (Å²) in [5.74, 6) is -0.352. The lowest BCUT2D eigenvalue weighted by atomic mass is 10.0. The van der Waals surface area contributed by atoms with Crippen LogP contribution in [0, 0.1) is 0 Å². The minimum absolute atomic E-state index is 0.0548. The van der Waals surface area contributed by atoms with E-state index in [0.29, 0.717) is 39.0 Å². The third-order valence-corrected chi connectivity index (χ3v) is 12.3. The molecule has 5 aromatic rings. The molecule has 3 N–H and O–H groups in total. The SMILES string of the molecule is CC(=O)Oc1ccc(C2(NC(=O)c3cccc4c3N(Cc3ccc(Cl)c(Cl)c3)CC4)CC2)cc1.COC(=O)c1ccc(C2(NC(=O)c3cccc4c3NCC4)CC2)cc1. The molecule has 0 atom stereocenters. The Bertz CT molecular complexity index is 2440. The second-order valence-electron chi connectivity index (χ2n) is 15.5. The Hall–Kier alpha value is -5.84. The number of benzene rings is 5. The van der Waals surface area contributed by atoms with Crippen LogP contribution in [-0.4, -0.2) is 44.0 Å². The third-order valence-electron chi connectivity index (χ3n) is 11.5. The average Bonchev–Trinajstić information content (AvgIpc) is 4.10. The van der Waals surface area contributed by atoms with E-state index in [1.54, 1.807) is 30.3 Å². The van der Waals surface area contributed by atoms with Crippen LogP contribution in [-0.2, 0) is 40.0 Å². The molecule has 2 aliphatic heterocycles. The van der Waals surface area contributed by atoms with Gasteiger partial charge in [0.05, 0.1) is 56.3 Å². The summed E-state index contributed by atoms with van der Waals surface area (Å²) < 4.78 is 9.86. The van der Waals surface area contributed by atoms with Crippen molar-refractivity contribution in [1.82, 2.24) is 10.6 Å². The van der Waals surface area contributed by atoms with Crippen molar-refractivity contribution in [2.75, 3.05) is 30.4 Å². The van der Waals surface area contributed by atoms with Gasteiger partial charge in [-0.05, 0) is 115 Å². The molecule has 2 saturated carbocycles. The number of esters is 2. The van der Waals surface area contributed by atoms with Crippen LogP contribution in [0.5, 0.6) is 5.75 Å². The average molecular weight is 832 g/mol. The van der Waals surface area contributed by atoms with E-state index in [1.807, 2.05) is 60.7 Å². The summed E-state index contributed by atoms with van der Waals surface area (Å²) in [5, 5.41) is 10.8. The van der Waals surface area contributed by atoms with Gasteiger partial charge in [0, 0.05) is 26.6 Å². The van der Waals surface area contributed by atoms with Gasteiger partial charge in [-0.15, -0.1) is 0 Å². The number of methoxy groups -OCH3 is 1. The van der Waals surface area contributed by atoms with Crippen LogP contribution in [0.2, 0.25) is 10.0 Å². The van der Waals surface area contributed by atoms with E-state index in [-0.39, 0.29) is 34.8 Å². The van der Waals surface area contributed by atoms with Gasteiger partial charge in [-0.25, -0.2) is 4.79 Å². The number of ether oxygens (including phenoxy) is 2. The Morgan fingerprint density at radius 3 is 1.95 bits per heavy atom. The van der Waals surface area contributed by atoms with Crippen molar-refractivity contribution >= 4 is 58.3 Å². The van der Waals surface area contributed by atoms with Crippen LogP contribution in [0.4, 0.5) is 11.4 Å². The van der Waals surface area contributed by atoms with E-state index >= 15 is 0 Å². The minimum Gasteiger partial charge on any atom is -0.465 e. The molecular weight excluding hydrogens is 787 g/mol. The van der Waals surface area contributed by atoms with Gasteiger partial charge in [-0.2, -0.15) is 0 Å². The van der Waals surface area contributed by atoms with Crippen LogP contribution in [0.25, 0.3) is 0 Å². The van der Waals surface area contributed by atoms with Crippen LogP contribution in [0.1, 0.15) is 91.5 Å². The van der Waals surface area contributed by atoms with Gasteiger partial charge >= 0.3 is 11.9 Å². The molecule has 0 bridgehead atoms. The Kier molecular flexibility index (Phi) is 11.1. The molecule has 0 spiro atoms. The number of carbonyl (C=O) groups is 4. The second kappa shape index (κ2) is 16.4. The number of fused-ring (bicyclic) bond motifs is 2. The van der Waals surface area contributed by atoms with E-state index in [9.17, 15) is 19.2 Å². The first-order chi connectivity index (χ1) is 28.5. The molecule has 0 unspecified atom stereocenters. The maximum atomic E-state index is 13.5. The van der Waals surface area contributed by atoms with Crippen molar-refractivity contribution in [2.24, 2.45) is 0 Å². The zero-order chi connectivity index (χ0) is 41.3. The number of carbonyl (C=O) groups excluding carboxylic acids is 4. The van der Waals surface area contributed by atoms with Gasteiger partial charge in [-0.3, -0.25) is 14.4 Å². The molecule has 0 saturated heterocycles. The van der Waals surface area contributed by atoms with Crippen molar-refractivity contribution in [2.45, 2.75) is 63.1 Å². The summed E-state index contributed by atoms with van der Waals surface area (Å²) in [6.45, 7) is 3.74. The fraction of sp³-hybridized carbons (Fsp3) is 0.277. The molecule has 2 aliphatic carbocycles. The Morgan fingerprint density at radius 1 is 0.729 bits per heavy atom. The van der Waals surface area contributed by atoms with Crippen LogP contribution < -0.4 is 25.6 Å². The van der Waals surface area contributed by atoms with Crippen LogP contribution >= 0.6 is 23.2 Å². The standard InChI is InChI=1S/C27H24Cl2N2O3.C20H20N2O3/c1-17(32)34-21-8-6-20(7-9-21)27(12-13-27)30-26(33)22-4-2-3-19-11-14-31(25(19)22)16-18-5-10-23(28)24(29)15-18;1-25-19(24)14-5-7-15(8-6-14)20(10-11-20)22-18(23)16-4-2-3-13-9-12-21-17(13)16/h2-10,15H,11-14,16H2,1H3,(H,30,33);2-8,21H,9-12H2,1H3,(H,22,23). The first-order valence-corrected chi connectivity index (χ1v) is 20.5. The number of hydrogen-bond donors (Lipinski definition) is 3. The van der Waals surface area contributed by atoms with Crippen molar-refractivity contribution in [3.63, 3.8) is 0 Å². The first kappa shape index (κ1) is 40.0. The lowest BCUT2D eigenvalue weighted by Gasteiger charge is -2.24. The van der Waals surface area contributed by atoms with Crippen molar-refractivity contribution in [3.05, 3.63) is 158 Å². The van der Waals surface area contributed by atoms with E-state index in [0.717, 1.165) is 79.7 Å². The predicted octanol–water partition coefficient (Wildman–Crippen LogP) is 8.76. The zero-order valence-electron chi connectivity index (χ0n) is 32.8. The number of nitrogens with zero attached hydrogens (tertiary/aromatic N) is 1. The summed E-state index contributed by atoms with van der Waals surface area (Å²) in [4.78, 5) is 51.3. The smallest absolute Gasteiger partial charge is 0.337 e. The Balaban J connectivity index is 0.000000172. The maximum Gasteiger partial charge on any atom is 0.337 e. The van der Waals surface area contributed by atoms with E-state index in [1.165, 1.54) is 25.2 Å². The van der Waals surface area contributed by atoms with Gasteiger partial charge < -0.3 is 30.3 Å². The molecule has 2 fully saturated rings. The van der Waals surface area contributed by atoms with Crippen LogP contribution in [0.15, 0.2) is 103 Å². The maximum absolute atomic E-state index is 13.5. The highest BCUT2D eigenvalue weighted by Gasteiger charge is 2.47. The number of anilines is 2. The monoisotopic (exact) mass is 830 g/mol. The molecule has 0 aromatic heterocycles. The minimum atomic E-state index is -0.387. The Labute approximate surface area is 353 Å². The highest BCUT2D eigenvalue weighted by molar-refractivity contribution is 6.42. The lowest BCUT2D eigenvalue weighted by molar-refractivity contribution is -0.131. The zero-order valence-corrected chi connectivity index (χ0v) is 34.3. The fourth-order valence-corrected chi connectivity index (χ4v) is 8.42. The Morgan fingerprint density at radius 2 is 1.34 bits per heavy atom. The molecule has 2 amide bonds. The summed E-state index contributed by atoms with van der Waals surface area (Å²) >= 11 is 12.3. The number of rotatable bonds is 10. The van der Waals surface area contributed by atoms with E-state index in [2.05, 4.69) is 33.0 Å². The topological polar surface area (TPSA) is 126 Å². The van der Waals surface area contributed by atoms with Gasteiger partial charge in [0.1, 0.15) is 5.75 Å². The van der Waals surface area contributed by atoms with Gasteiger partial charge in [-0.1, -0.05) is 77.8 Å². The van der Waals surface area contributed by atoms with Crippen molar-refractivity contribution in [3.8, 4) is 5.75 Å². The molecule has 4 aliphatic rings. The van der Waals surface area contributed by atoms with Crippen molar-refractivity contribution in [1.29, 1.82) is 0 Å². The lowest BCUT2D eigenvalue weighted by Crippen LogP contribution is -2.35. The molecule has 302 valence electrons. The predicted molar refractivity (Wildman–Crippen MR) is 229 cm³/mol. The molecule has 2 heterocycles. The van der Waals surface area contributed by atoms with Crippen molar-refractivity contribution < 1.29 is 28.7 Å². The summed E-state index contributed by atoms with van der Waals surface area (Å²) in [5.41, 5.74) is 8.56. The van der Waals surface area contributed by atoms with Gasteiger partial charge in [0.2, 0.25) is 0 Å². The number of hydrogen-bond acceptors (Lipinski definition) is 8. The quantitative estimate of drug-likeness (QED) is 0.0943. The largest absolute Gasteiger partial charge is 0.465 e. The second-order valence-corrected chi connectivity index (χ2v) is 16.3. The molecule has 5 aromatic carbocycles. The van der Waals surface area contributed by atoms with Crippen LogP contribution in [0.3, 0.4) is 0 Å². The normalized spacial score (nSPS) is 16.0. The van der Waals surface area contributed by atoms with E-state index < -0.39 is 0 Å². The summed E-state index contributed by atoms with van der Waals surface area (Å²) in [6, 6.07) is 32.1. The first-order valence-electron chi connectivity index (χ1n) is 19.8. The molecule has 12 heteroatoms. The summed E-state index contributed by atoms with van der Waals surface area (Å²) in [7, 11) is 1.37. The fourth-order valence-electron chi connectivity index (χ4n) is 8.10. The van der Waals surface area contributed by atoms with Gasteiger partial charge in [0.25, 0.3) is 11.8 Å². The number of nitrogens with one attached hydrogen (secondary N) is 3. The number of para-hydroxylation sites is 2. The van der Waals surface area contributed by atoms with Gasteiger partial charge in [0.15, 0.2) is 0 Å². The molecule has 59 heavy (non-hydrogen) atoms. The third kappa shape index (κ3) is 8.51. The molecule has 0 radical (unpaired) electrons. The molecule has 10 nitrogen and oxygen atoms in total. The summed E-state index contributed by atoms with van der Waals surface area (Å²) in [6.07, 6.45) is 5.38.